The minimum atomic E-state index is -0.329. The summed E-state index contributed by atoms with van der Waals surface area (Å²) in [7, 11) is 1.42. The minimum Gasteiger partial charge on any atom is -0.466 e. The van der Waals surface area contributed by atoms with Crippen LogP contribution in [0.5, 0.6) is 0 Å². The molecule has 0 amide bonds. The first-order valence-corrected chi connectivity index (χ1v) is 8.85. The first kappa shape index (κ1) is 17.1. The summed E-state index contributed by atoms with van der Waals surface area (Å²) in [6.07, 6.45) is 5.57. The highest BCUT2D eigenvalue weighted by Gasteiger charge is 2.35. The largest absolute Gasteiger partial charge is 0.466 e. The summed E-state index contributed by atoms with van der Waals surface area (Å²) in [5, 5.41) is 4.44. The van der Waals surface area contributed by atoms with Crippen LogP contribution in [0.25, 0.3) is 16.5 Å². The molecular weight excluding hydrogens is 338 g/mol. The molecule has 0 bridgehead atoms. The summed E-state index contributed by atoms with van der Waals surface area (Å²) >= 11 is 0. The van der Waals surface area contributed by atoms with E-state index in [0.717, 1.165) is 39.0 Å². The number of hydrogen-bond acceptors (Lipinski definition) is 4. The number of carbonyl (C=O) groups excluding carboxylic acids is 1. The molecule has 0 saturated heterocycles. The molecule has 4 rings (SSSR count). The summed E-state index contributed by atoms with van der Waals surface area (Å²) in [5.74, 6) is -0.580. The average molecular weight is 359 g/mol. The molecule has 1 aromatic carbocycles. The molecule has 1 atom stereocenters. The van der Waals surface area contributed by atoms with Gasteiger partial charge in [0.25, 0.3) is 0 Å². The SMILES string of the molecule is COC(=O)C1=C(C)NC(C)=C(c2cccnc2)C1c1c[nH]c2ccccc12. The number of benzene rings is 1. The lowest BCUT2D eigenvalue weighted by Gasteiger charge is -2.31. The van der Waals surface area contributed by atoms with Crippen molar-refractivity contribution in [2.75, 3.05) is 7.11 Å². The Morgan fingerprint density at radius 3 is 2.67 bits per heavy atom. The number of nitrogens with one attached hydrogen (secondary N) is 2. The van der Waals surface area contributed by atoms with E-state index >= 15 is 0 Å². The van der Waals surface area contributed by atoms with E-state index < -0.39 is 0 Å². The van der Waals surface area contributed by atoms with Gasteiger partial charge in [0.2, 0.25) is 0 Å². The molecule has 5 nitrogen and oxygen atoms in total. The van der Waals surface area contributed by atoms with Crippen LogP contribution >= 0.6 is 0 Å². The van der Waals surface area contributed by atoms with Gasteiger partial charge in [0.05, 0.1) is 12.7 Å². The standard InChI is InChI=1S/C22H21N3O2/c1-13-19(15-7-6-10-23-11-15)21(20(14(2)25-13)22(26)27-3)17-12-24-18-9-5-4-8-16(17)18/h4-12,21,24-25H,1-3H3. The smallest absolute Gasteiger partial charge is 0.336 e. The number of rotatable bonds is 3. The van der Waals surface area contributed by atoms with Gasteiger partial charge in [0, 0.05) is 46.8 Å². The number of allylic oxidation sites excluding steroid dienone is 3. The third kappa shape index (κ3) is 2.81. The maximum absolute atomic E-state index is 12.7. The second-order valence-electron chi connectivity index (χ2n) is 6.66. The van der Waals surface area contributed by atoms with E-state index in [2.05, 4.69) is 21.4 Å². The summed E-state index contributed by atoms with van der Waals surface area (Å²) in [5.41, 5.74) is 6.52. The predicted octanol–water partition coefficient (Wildman–Crippen LogP) is 4.13. The van der Waals surface area contributed by atoms with Gasteiger partial charge in [-0.3, -0.25) is 4.98 Å². The van der Waals surface area contributed by atoms with Gasteiger partial charge in [-0.15, -0.1) is 0 Å². The van der Waals surface area contributed by atoms with Gasteiger partial charge in [-0.2, -0.15) is 0 Å². The second-order valence-corrected chi connectivity index (χ2v) is 6.66. The van der Waals surface area contributed by atoms with Crippen LogP contribution in [-0.4, -0.2) is 23.0 Å². The van der Waals surface area contributed by atoms with Gasteiger partial charge in [0.1, 0.15) is 0 Å². The van der Waals surface area contributed by atoms with Crippen molar-refractivity contribution in [2.45, 2.75) is 19.8 Å². The molecular formula is C22H21N3O2. The summed E-state index contributed by atoms with van der Waals surface area (Å²) in [6, 6.07) is 12.0. The summed E-state index contributed by atoms with van der Waals surface area (Å²) in [4.78, 5) is 20.3. The Hall–Kier alpha value is -3.34. The Morgan fingerprint density at radius 2 is 1.93 bits per heavy atom. The van der Waals surface area contributed by atoms with E-state index in [1.165, 1.54) is 7.11 Å². The normalized spacial score (nSPS) is 17.2. The molecule has 1 unspecified atom stereocenters. The molecule has 2 aromatic heterocycles. The van der Waals surface area contributed by atoms with E-state index in [-0.39, 0.29) is 11.9 Å². The Balaban J connectivity index is 2.00. The number of fused-ring (bicyclic) bond motifs is 1. The number of dihydropyridines is 1. The van der Waals surface area contributed by atoms with Gasteiger partial charge in [-0.05, 0) is 42.7 Å². The topological polar surface area (TPSA) is 67.0 Å². The van der Waals surface area contributed by atoms with Crippen LogP contribution in [-0.2, 0) is 9.53 Å². The Bertz CT molecular complexity index is 1080. The highest BCUT2D eigenvalue weighted by molar-refractivity contribution is 6.00. The highest BCUT2D eigenvalue weighted by atomic mass is 16.5. The molecule has 0 fully saturated rings. The molecule has 27 heavy (non-hydrogen) atoms. The van der Waals surface area contributed by atoms with Crippen LogP contribution in [0, 0.1) is 0 Å². The van der Waals surface area contributed by atoms with Crippen LogP contribution < -0.4 is 5.32 Å². The van der Waals surface area contributed by atoms with Crippen LogP contribution in [0.1, 0.15) is 30.9 Å². The Morgan fingerprint density at radius 1 is 1.11 bits per heavy atom. The second kappa shape index (κ2) is 6.76. The third-order valence-electron chi connectivity index (χ3n) is 5.07. The zero-order valence-electron chi connectivity index (χ0n) is 15.5. The number of hydrogen-bond donors (Lipinski definition) is 2. The van der Waals surface area contributed by atoms with Crippen LogP contribution in [0.4, 0.5) is 0 Å². The predicted molar refractivity (Wildman–Crippen MR) is 106 cm³/mol. The lowest BCUT2D eigenvalue weighted by molar-refractivity contribution is -0.136. The first-order chi connectivity index (χ1) is 13.1. The fourth-order valence-electron chi connectivity index (χ4n) is 3.92. The van der Waals surface area contributed by atoms with Gasteiger partial charge in [-0.1, -0.05) is 24.3 Å². The number of aromatic nitrogens is 2. The fraction of sp³-hybridized carbons (Fsp3) is 0.182. The summed E-state index contributed by atoms with van der Waals surface area (Å²) in [6.45, 7) is 3.94. The average Bonchev–Trinajstić information content (AvgIpc) is 3.11. The van der Waals surface area contributed by atoms with E-state index in [4.69, 9.17) is 4.74 Å². The highest BCUT2D eigenvalue weighted by Crippen LogP contribution is 2.45. The quantitative estimate of drug-likeness (QED) is 0.690. The number of carbonyl (C=O) groups is 1. The van der Waals surface area contributed by atoms with E-state index in [9.17, 15) is 4.79 Å². The van der Waals surface area contributed by atoms with E-state index in [1.54, 1.807) is 6.20 Å². The third-order valence-corrected chi connectivity index (χ3v) is 5.07. The molecule has 5 heteroatoms. The molecule has 0 spiro atoms. The van der Waals surface area contributed by atoms with Gasteiger partial charge >= 0.3 is 5.97 Å². The number of pyridine rings is 1. The number of aromatic amines is 1. The number of esters is 1. The van der Waals surface area contributed by atoms with Crippen molar-refractivity contribution in [3.63, 3.8) is 0 Å². The molecule has 3 heterocycles. The van der Waals surface area contributed by atoms with Crippen LogP contribution in [0.15, 0.2) is 72.0 Å². The van der Waals surface area contributed by atoms with Gasteiger partial charge in [-0.25, -0.2) is 4.79 Å². The summed E-state index contributed by atoms with van der Waals surface area (Å²) < 4.78 is 5.13. The van der Waals surface area contributed by atoms with E-state index in [0.29, 0.717) is 5.57 Å². The Labute approximate surface area is 157 Å². The van der Waals surface area contributed by atoms with Crippen LogP contribution in [0.3, 0.4) is 0 Å². The Kier molecular flexibility index (Phi) is 4.28. The number of ether oxygens (including phenoxy) is 1. The molecule has 0 radical (unpaired) electrons. The van der Waals surface area contributed by atoms with E-state index in [1.807, 2.05) is 56.6 Å². The van der Waals surface area contributed by atoms with Crippen molar-refractivity contribution in [3.8, 4) is 0 Å². The van der Waals surface area contributed by atoms with Crippen molar-refractivity contribution in [1.29, 1.82) is 0 Å². The molecule has 0 saturated carbocycles. The zero-order chi connectivity index (χ0) is 19.0. The van der Waals surface area contributed by atoms with Gasteiger partial charge < -0.3 is 15.0 Å². The molecule has 3 aromatic rings. The maximum Gasteiger partial charge on any atom is 0.336 e. The number of nitrogens with zero attached hydrogens (tertiary/aromatic N) is 1. The van der Waals surface area contributed by atoms with Crippen molar-refractivity contribution >= 4 is 22.4 Å². The van der Waals surface area contributed by atoms with Crippen LogP contribution in [0.2, 0.25) is 0 Å². The monoisotopic (exact) mass is 359 g/mol. The lowest BCUT2D eigenvalue weighted by atomic mass is 9.78. The fourth-order valence-corrected chi connectivity index (χ4v) is 3.92. The first-order valence-electron chi connectivity index (χ1n) is 8.85. The van der Waals surface area contributed by atoms with Gasteiger partial charge in [0.15, 0.2) is 0 Å². The van der Waals surface area contributed by atoms with Crippen molar-refractivity contribution in [2.24, 2.45) is 0 Å². The lowest BCUT2D eigenvalue weighted by Crippen LogP contribution is -2.28. The van der Waals surface area contributed by atoms with Crippen molar-refractivity contribution < 1.29 is 9.53 Å². The molecule has 0 aliphatic carbocycles. The molecule has 136 valence electrons. The maximum atomic E-state index is 12.7. The number of para-hydroxylation sites is 1. The van der Waals surface area contributed by atoms with Crippen molar-refractivity contribution in [3.05, 3.63) is 83.1 Å². The molecule has 1 aliphatic heterocycles. The molecule has 2 N–H and O–H groups in total. The number of methoxy groups -OCH3 is 1. The number of H-pyrrole nitrogens is 1. The van der Waals surface area contributed by atoms with Crippen molar-refractivity contribution in [1.82, 2.24) is 15.3 Å². The minimum absolute atomic E-state index is 0.251. The molecule has 1 aliphatic rings. The zero-order valence-corrected chi connectivity index (χ0v) is 15.5.